The molecule has 1 saturated carbocycles. The Morgan fingerprint density at radius 2 is 2.26 bits per heavy atom. The molecular formula is C15H20ClNO2. The van der Waals surface area contributed by atoms with Crippen molar-refractivity contribution in [1.29, 1.82) is 0 Å². The first-order chi connectivity index (χ1) is 8.69. The van der Waals surface area contributed by atoms with Crippen LogP contribution in [0.4, 0.5) is 0 Å². The molecule has 1 aliphatic carbocycles. The van der Waals surface area contributed by atoms with Gasteiger partial charge in [0.15, 0.2) is 0 Å². The number of ether oxygens (including phenoxy) is 1. The summed E-state index contributed by atoms with van der Waals surface area (Å²) in [5, 5.41) is 9.77. The lowest BCUT2D eigenvalue weighted by Gasteiger charge is -2.50. The molecule has 104 valence electrons. The highest BCUT2D eigenvalue weighted by Crippen LogP contribution is 2.55. The van der Waals surface area contributed by atoms with Crippen LogP contribution in [0.3, 0.4) is 0 Å². The van der Waals surface area contributed by atoms with E-state index < -0.39 is 0 Å². The summed E-state index contributed by atoms with van der Waals surface area (Å²) in [6.07, 6.45) is 5.24. The normalized spacial score (nSPS) is 35.8. The van der Waals surface area contributed by atoms with Gasteiger partial charge in [0.05, 0.1) is 0 Å². The zero-order valence-electron chi connectivity index (χ0n) is 11.1. The van der Waals surface area contributed by atoms with Crippen LogP contribution < -0.4 is 4.74 Å². The smallest absolute Gasteiger partial charge is 0.124 e. The number of nitrogens with zero attached hydrogens (tertiary/aromatic N) is 1. The Morgan fingerprint density at radius 1 is 1.42 bits per heavy atom. The van der Waals surface area contributed by atoms with E-state index >= 15 is 0 Å². The number of likely N-dealkylation sites (N-methyl/N-ethyl adjacent to an activating group) is 1. The standard InChI is InChI=1S/C15H19NO2.ClH/c1-16-9-14-15(6-2-3-10(16)8-15)12-7-11(17)4-5-13(12)18-14;/h4-5,7,10,14,17H,2-3,6,8-9H2,1H3;1H/t10-,14-,15-;/m0./s1. The third kappa shape index (κ3) is 1.68. The topological polar surface area (TPSA) is 32.7 Å². The number of likely N-dealkylation sites (tertiary alicyclic amines) is 1. The highest BCUT2D eigenvalue weighted by atomic mass is 35.5. The fourth-order valence-electron chi connectivity index (χ4n) is 4.26. The van der Waals surface area contributed by atoms with Crippen molar-refractivity contribution in [3.05, 3.63) is 23.8 Å². The van der Waals surface area contributed by atoms with Gasteiger partial charge in [-0.2, -0.15) is 0 Å². The molecule has 1 spiro atoms. The molecule has 2 aliphatic heterocycles. The Labute approximate surface area is 120 Å². The van der Waals surface area contributed by atoms with Gasteiger partial charge in [-0.1, -0.05) is 6.42 Å². The molecule has 2 heterocycles. The average Bonchev–Trinajstić information content (AvgIpc) is 2.64. The van der Waals surface area contributed by atoms with Gasteiger partial charge >= 0.3 is 0 Å². The van der Waals surface area contributed by atoms with Crippen LogP contribution in [-0.4, -0.2) is 35.7 Å². The maximum Gasteiger partial charge on any atom is 0.124 e. The molecule has 4 heteroatoms. The Balaban J connectivity index is 0.00000110. The van der Waals surface area contributed by atoms with Crippen LogP contribution in [0.5, 0.6) is 11.5 Å². The minimum Gasteiger partial charge on any atom is -0.508 e. The first-order valence-electron chi connectivity index (χ1n) is 6.89. The van der Waals surface area contributed by atoms with Gasteiger partial charge in [0.1, 0.15) is 17.6 Å². The lowest BCUT2D eigenvalue weighted by Crippen LogP contribution is -2.58. The zero-order valence-corrected chi connectivity index (χ0v) is 11.9. The molecular weight excluding hydrogens is 262 g/mol. The van der Waals surface area contributed by atoms with Crippen LogP contribution in [0.1, 0.15) is 31.2 Å². The van der Waals surface area contributed by atoms with E-state index in [1.807, 2.05) is 12.1 Å². The first-order valence-corrected chi connectivity index (χ1v) is 6.89. The second-order valence-electron chi connectivity index (χ2n) is 6.13. The SMILES string of the molecule is CN1C[C@@H]2Oc3ccc(O)cc3[C@@]23CCC[C@H]1C3.Cl. The summed E-state index contributed by atoms with van der Waals surface area (Å²) in [5.74, 6) is 1.36. The van der Waals surface area contributed by atoms with Gasteiger partial charge in [-0.15, -0.1) is 12.4 Å². The van der Waals surface area contributed by atoms with Gasteiger partial charge in [0.25, 0.3) is 0 Å². The second-order valence-corrected chi connectivity index (χ2v) is 6.13. The lowest BCUT2D eigenvalue weighted by molar-refractivity contribution is -0.00863. The molecule has 0 amide bonds. The summed E-state index contributed by atoms with van der Waals surface area (Å²) < 4.78 is 6.16. The van der Waals surface area contributed by atoms with E-state index in [1.54, 1.807) is 6.07 Å². The summed E-state index contributed by atoms with van der Waals surface area (Å²) in [5.41, 5.74) is 1.43. The van der Waals surface area contributed by atoms with Crippen molar-refractivity contribution in [1.82, 2.24) is 4.90 Å². The molecule has 0 unspecified atom stereocenters. The Bertz CT molecular complexity index is 507. The monoisotopic (exact) mass is 281 g/mol. The van der Waals surface area contributed by atoms with Crippen molar-refractivity contribution in [2.75, 3.05) is 13.6 Å². The molecule has 2 fully saturated rings. The van der Waals surface area contributed by atoms with E-state index in [0.717, 1.165) is 12.3 Å². The number of halogens is 1. The number of phenolic OH excluding ortho intramolecular Hbond substituents is 1. The number of piperidine rings is 1. The summed E-state index contributed by atoms with van der Waals surface area (Å²) >= 11 is 0. The fourth-order valence-corrected chi connectivity index (χ4v) is 4.26. The summed E-state index contributed by atoms with van der Waals surface area (Å²) in [6.45, 7) is 1.01. The van der Waals surface area contributed by atoms with Crippen LogP contribution in [0.15, 0.2) is 18.2 Å². The molecule has 1 saturated heterocycles. The molecule has 3 nitrogen and oxygen atoms in total. The molecule has 0 radical (unpaired) electrons. The van der Waals surface area contributed by atoms with Gasteiger partial charge in [0.2, 0.25) is 0 Å². The van der Waals surface area contributed by atoms with Crippen LogP contribution in [0, 0.1) is 0 Å². The van der Waals surface area contributed by atoms with Crippen molar-refractivity contribution >= 4 is 12.4 Å². The van der Waals surface area contributed by atoms with Crippen molar-refractivity contribution in [2.24, 2.45) is 0 Å². The fraction of sp³-hybridized carbons (Fsp3) is 0.600. The van der Waals surface area contributed by atoms with Gasteiger partial charge in [0, 0.05) is 23.6 Å². The highest BCUT2D eigenvalue weighted by molar-refractivity contribution is 5.85. The summed E-state index contributed by atoms with van der Waals surface area (Å²) in [6, 6.07) is 6.29. The number of rotatable bonds is 0. The van der Waals surface area contributed by atoms with E-state index in [-0.39, 0.29) is 23.9 Å². The number of fused-ring (bicyclic) bond motifs is 2. The highest BCUT2D eigenvalue weighted by Gasteiger charge is 2.55. The molecule has 3 aliphatic rings. The third-order valence-corrected chi connectivity index (χ3v) is 5.22. The molecule has 3 atom stereocenters. The van der Waals surface area contributed by atoms with E-state index in [4.69, 9.17) is 4.74 Å². The molecule has 0 aromatic heterocycles. The third-order valence-electron chi connectivity index (χ3n) is 5.22. The van der Waals surface area contributed by atoms with Crippen LogP contribution in [0.25, 0.3) is 0 Å². The van der Waals surface area contributed by atoms with Crippen molar-refractivity contribution in [3.8, 4) is 11.5 Å². The molecule has 1 aromatic rings. The largest absolute Gasteiger partial charge is 0.508 e. The van der Waals surface area contributed by atoms with E-state index in [9.17, 15) is 5.11 Å². The van der Waals surface area contributed by atoms with Crippen LogP contribution in [-0.2, 0) is 5.41 Å². The lowest BCUT2D eigenvalue weighted by atomic mass is 9.63. The van der Waals surface area contributed by atoms with Crippen molar-refractivity contribution < 1.29 is 9.84 Å². The van der Waals surface area contributed by atoms with Crippen molar-refractivity contribution in [3.63, 3.8) is 0 Å². The van der Waals surface area contributed by atoms with E-state index in [1.165, 1.54) is 31.2 Å². The second kappa shape index (κ2) is 4.29. The predicted molar refractivity (Wildman–Crippen MR) is 76.3 cm³/mol. The van der Waals surface area contributed by atoms with Gasteiger partial charge in [-0.25, -0.2) is 0 Å². The summed E-state index contributed by atoms with van der Waals surface area (Å²) in [7, 11) is 2.21. The van der Waals surface area contributed by atoms with Crippen LogP contribution >= 0.6 is 12.4 Å². The quantitative estimate of drug-likeness (QED) is 0.794. The Morgan fingerprint density at radius 3 is 3.11 bits per heavy atom. The summed E-state index contributed by atoms with van der Waals surface area (Å²) in [4.78, 5) is 2.45. The molecule has 2 bridgehead atoms. The van der Waals surface area contributed by atoms with Crippen LogP contribution in [0.2, 0.25) is 0 Å². The van der Waals surface area contributed by atoms with Crippen molar-refractivity contribution in [2.45, 2.75) is 43.2 Å². The van der Waals surface area contributed by atoms with Gasteiger partial charge < -0.3 is 9.84 Å². The maximum absolute atomic E-state index is 9.77. The number of hydrogen-bond acceptors (Lipinski definition) is 3. The number of phenols is 1. The zero-order chi connectivity index (χ0) is 12.3. The van der Waals surface area contributed by atoms with Gasteiger partial charge in [-0.05, 0) is 44.5 Å². The number of hydrogen-bond donors (Lipinski definition) is 1. The molecule has 19 heavy (non-hydrogen) atoms. The number of benzene rings is 1. The van der Waals surface area contributed by atoms with E-state index in [2.05, 4.69) is 11.9 Å². The predicted octanol–water partition coefficient (Wildman–Crippen LogP) is 2.70. The Hall–Kier alpha value is -0.930. The maximum atomic E-state index is 9.77. The van der Waals surface area contributed by atoms with E-state index in [0.29, 0.717) is 11.8 Å². The first kappa shape index (κ1) is 13.1. The minimum absolute atomic E-state index is 0. The minimum atomic E-state index is 0. The average molecular weight is 282 g/mol. The molecule has 1 aromatic carbocycles. The number of aromatic hydroxyl groups is 1. The Kier molecular flexibility index (Phi) is 2.95. The van der Waals surface area contributed by atoms with Gasteiger partial charge in [-0.3, -0.25) is 4.90 Å². The molecule has 1 N–H and O–H groups in total. The molecule has 4 rings (SSSR count).